The highest BCUT2D eigenvalue weighted by atomic mass is 16.5. The zero-order chi connectivity index (χ0) is 13.5. The first-order valence-corrected chi connectivity index (χ1v) is 5.81. The molecule has 0 saturated carbocycles. The quantitative estimate of drug-likeness (QED) is 0.618. The van der Waals surface area contributed by atoms with Crippen LogP contribution in [0.3, 0.4) is 0 Å². The molecular formula is C13H18N2O3. The SMILES string of the molecule is CCOC(=O)NC(CC=O)c1ccc(N)cc1C. The third kappa shape index (κ3) is 3.76. The molecule has 1 unspecified atom stereocenters. The van der Waals surface area contributed by atoms with E-state index in [9.17, 15) is 9.59 Å². The minimum absolute atomic E-state index is 0.198. The van der Waals surface area contributed by atoms with Gasteiger partial charge in [-0.05, 0) is 37.1 Å². The van der Waals surface area contributed by atoms with Crippen molar-refractivity contribution in [3.63, 3.8) is 0 Å². The molecule has 3 N–H and O–H groups in total. The summed E-state index contributed by atoms with van der Waals surface area (Å²) in [6, 6.07) is 4.97. The van der Waals surface area contributed by atoms with Crippen LogP contribution >= 0.6 is 0 Å². The number of nitrogens with one attached hydrogen (secondary N) is 1. The third-order valence-corrected chi connectivity index (χ3v) is 2.57. The average Bonchev–Trinajstić information content (AvgIpc) is 2.29. The summed E-state index contributed by atoms with van der Waals surface area (Å²) in [5.74, 6) is 0. The van der Waals surface area contributed by atoms with E-state index >= 15 is 0 Å². The van der Waals surface area contributed by atoms with Gasteiger partial charge in [-0.3, -0.25) is 0 Å². The number of hydrogen-bond acceptors (Lipinski definition) is 4. The molecule has 0 radical (unpaired) electrons. The van der Waals surface area contributed by atoms with Gasteiger partial charge in [-0.2, -0.15) is 0 Å². The number of carbonyl (C=O) groups is 2. The molecule has 5 heteroatoms. The number of hydrogen-bond donors (Lipinski definition) is 2. The molecule has 0 aliphatic heterocycles. The van der Waals surface area contributed by atoms with Gasteiger partial charge >= 0.3 is 6.09 Å². The van der Waals surface area contributed by atoms with Crippen LogP contribution in [0.2, 0.25) is 0 Å². The van der Waals surface area contributed by atoms with Crippen LogP contribution in [0.5, 0.6) is 0 Å². The van der Waals surface area contributed by atoms with E-state index < -0.39 is 6.09 Å². The number of nitrogen functional groups attached to an aromatic ring is 1. The molecule has 1 amide bonds. The predicted molar refractivity (Wildman–Crippen MR) is 69.2 cm³/mol. The normalized spacial score (nSPS) is 11.7. The van der Waals surface area contributed by atoms with Crippen molar-refractivity contribution < 1.29 is 14.3 Å². The molecule has 1 rings (SSSR count). The van der Waals surface area contributed by atoms with Crippen LogP contribution in [0.25, 0.3) is 0 Å². The molecule has 0 heterocycles. The van der Waals surface area contributed by atoms with Crippen LogP contribution in [-0.2, 0) is 9.53 Å². The van der Waals surface area contributed by atoms with E-state index in [0.717, 1.165) is 17.4 Å². The van der Waals surface area contributed by atoms with E-state index in [2.05, 4.69) is 5.32 Å². The van der Waals surface area contributed by atoms with Gasteiger partial charge in [0.2, 0.25) is 0 Å². The number of benzene rings is 1. The van der Waals surface area contributed by atoms with Crippen molar-refractivity contribution >= 4 is 18.1 Å². The Balaban J connectivity index is 2.89. The maximum Gasteiger partial charge on any atom is 0.407 e. The molecule has 1 atom stereocenters. The summed E-state index contributed by atoms with van der Waals surface area (Å²) in [6.07, 6.45) is 0.441. The summed E-state index contributed by atoms with van der Waals surface area (Å²) in [5, 5.41) is 2.66. The zero-order valence-electron chi connectivity index (χ0n) is 10.6. The standard InChI is InChI=1S/C13H18N2O3/c1-3-18-13(17)15-12(6-7-16)11-5-4-10(14)8-9(11)2/h4-5,7-8,12H,3,6,14H2,1-2H3,(H,15,17). The van der Waals surface area contributed by atoms with Gasteiger partial charge in [0.1, 0.15) is 6.29 Å². The topological polar surface area (TPSA) is 81.4 Å². The number of amides is 1. The zero-order valence-corrected chi connectivity index (χ0v) is 10.6. The van der Waals surface area contributed by atoms with Gasteiger partial charge in [0.15, 0.2) is 0 Å². The van der Waals surface area contributed by atoms with Crippen LogP contribution in [0, 0.1) is 6.92 Å². The van der Waals surface area contributed by atoms with Crippen molar-refractivity contribution in [2.24, 2.45) is 0 Å². The second-order valence-electron chi connectivity index (χ2n) is 3.94. The number of alkyl carbamates (subject to hydrolysis) is 1. The van der Waals surface area contributed by atoms with E-state index in [-0.39, 0.29) is 12.5 Å². The first-order valence-electron chi connectivity index (χ1n) is 5.81. The average molecular weight is 250 g/mol. The summed E-state index contributed by atoms with van der Waals surface area (Å²) in [4.78, 5) is 22.1. The highest BCUT2D eigenvalue weighted by Crippen LogP contribution is 2.22. The third-order valence-electron chi connectivity index (χ3n) is 2.57. The Kier molecular flexibility index (Phi) is 5.17. The lowest BCUT2D eigenvalue weighted by Crippen LogP contribution is -2.30. The summed E-state index contributed by atoms with van der Waals surface area (Å²) in [7, 11) is 0. The molecule has 0 saturated heterocycles. The van der Waals surface area contributed by atoms with E-state index in [1.807, 2.05) is 13.0 Å². The van der Waals surface area contributed by atoms with Crippen molar-refractivity contribution in [3.05, 3.63) is 29.3 Å². The minimum atomic E-state index is -0.527. The summed E-state index contributed by atoms with van der Waals surface area (Å²) in [5.41, 5.74) is 8.11. The molecule has 0 spiro atoms. The molecule has 1 aromatic rings. The Hall–Kier alpha value is -2.04. The Morgan fingerprint density at radius 1 is 1.56 bits per heavy atom. The Bertz CT molecular complexity index is 432. The van der Waals surface area contributed by atoms with Gasteiger partial charge < -0.3 is 20.6 Å². The summed E-state index contributed by atoms with van der Waals surface area (Å²) < 4.78 is 4.81. The van der Waals surface area contributed by atoms with Gasteiger partial charge in [0, 0.05) is 12.1 Å². The van der Waals surface area contributed by atoms with Crippen LogP contribution in [0.4, 0.5) is 10.5 Å². The van der Waals surface area contributed by atoms with Gasteiger partial charge in [0.05, 0.1) is 12.6 Å². The number of anilines is 1. The lowest BCUT2D eigenvalue weighted by Gasteiger charge is -2.18. The molecule has 0 aliphatic carbocycles. The Morgan fingerprint density at radius 3 is 2.83 bits per heavy atom. The first-order chi connectivity index (χ1) is 8.58. The van der Waals surface area contributed by atoms with Crippen molar-refractivity contribution in [2.75, 3.05) is 12.3 Å². The minimum Gasteiger partial charge on any atom is -0.450 e. The van der Waals surface area contributed by atoms with E-state index in [1.165, 1.54) is 0 Å². The fourth-order valence-corrected chi connectivity index (χ4v) is 1.76. The highest BCUT2D eigenvalue weighted by molar-refractivity contribution is 5.69. The van der Waals surface area contributed by atoms with Crippen LogP contribution in [0.15, 0.2) is 18.2 Å². The second-order valence-corrected chi connectivity index (χ2v) is 3.94. The van der Waals surface area contributed by atoms with E-state index in [1.54, 1.807) is 19.1 Å². The smallest absolute Gasteiger partial charge is 0.407 e. The molecule has 0 bridgehead atoms. The van der Waals surface area contributed by atoms with Crippen molar-refractivity contribution in [2.45, 2.75) is 26.3 Å². The number of ether oxygens (including phenoxy) is 1. The van der Waals surface area contributed by atoms with Crippen molar-refractivity contribution in [1.82, 2.24) is 5.32 Å². The number of rotatable bonds is 5. The molecule has 0 fully saturated rings. The van der Waals surface area contributed by atoms with Crippen LogP contribution in [-0.4, -0.2) is 19.0 Å². The maximum absolute atomic E-state index is 11.4. The monoisotopic (exact) mass is 250 g/mol. The van der Waals surface area contributed by atoms with Crippen molar-refractivity contribution in [3.8, 4) is 0 Å². The molecular weight excluding hydrogens is 232 g/mol. The predicted octanol–water partition coefficient (Wildman–Crippen LogP) is 1.95. The van der Waals surface area contributed by atoms with Gasteiger partial charge in [-0.25, -0.2) is 4.79 Å². The first kappa shape index (κ1) is 14.0. The highest BCUT2D eigenvalue weighted by Gasteiger charge is 2.16. The van der Waals surface area contributed by atoms with Crippen molar-refractivity contribution in [1.29, 1.82) is 0 Å². The van der Waals surface area contributed by atoms with Gasteiger partial charge in [0.25, 0.3) is 0 Å². The Morgan fingerprint density at radius 2 is 2.28 bits per heavy atom. The molecule has 0 aromatic heterocycles. The maximum atomic E-state index is 11.4. The molecule has 0 aliphatic rings. The molecule has 5 nitrogen and oxygen atoms in total. The lowest BCUT2D eigenvalue weighted by atomic mass is 9.99. The molecule has 98 valence electrons. The van der Waals surface area contributed by atoms with Gasteiger partial charge in [-0.1, -0.05) is 6.07 Å². The summed E-state index contributed by atoms with van der Waals surface area (Å²) in [6.45, 7) is 3.90. The second kappa shape index (κ2) is 6.64. The van der Waals surface area contributed by atoms with Gasteiger partial charge in [-0.15, -0.1) is 0 Å². The number of carbonyl (C=O) groups excluding carboxylic acids is 2. The largest absolute Gasteiger partial charge is 0.450 e. The summed E-state index contributed by atoms with van der Waals surface area (Å²) >= 11 is 0. The number of aryl methyl sites for hydroxylation is 1. The fourth-order valence-electron chi connectivity index (χ4n) is 1.76. The molecule has 18 heavy (non-hydrogen) atoms. The Labute approximate surface area is 106 Å². The van der Waals surface area contributed by atoms with Crippen LogP contribution < -0.4 is 11.1 Å². The number of aldehydes is 1. The number of nitrogens with two attached hydrogens (primary N) is 1. The fraction of sp³-hybridized carbons (Fsp3) is 0.385. The lowest BCUT2D eigenvalue weighted by molar-refractivity contribution is -0.108. The van der Waals surface area contributed by atoms with E-state index in [4.69, 9.17) is 10.5 Å². The van der Waals surface area contributed by atoms with Crippen LogP contribution in [0.1, 0.15) is 30.5 Å². The molecule has 1 aromatic carbocycles. The van der Waals surface area contributed by atoms with E-state index in [0.29, 0.717) is 12.3 Å².